The van der Waals surface area contributed by atoms with Gasteiger partial charge in [0.2, 0.25) is 0 Å². The van der Waals surface area contributed by atoms with Crippen LogP contribution in [-0.2, 0) is 4.94 Å². The van der Waals surface area contributed by atoms with Gasteiger partial charge in [-0.15, -0.1) is 0 Å². The average Bonchev–Trinajstić information content (AvgIpc) is 1.91. The van der Waals surface area contributed by atoms with E-state index in [1.54, 1.807) is 0 Å². The van der Waals surface area contributed by atoms with Crippen molar-refractivity contribution in [2.45, 2.75) is 19.3 Å². The van der Waals surface area contributed by atoms with Gasteiger partial charge in [-0.2, -0.15) is 4.94 Å². The topological polar surface area (TPSA) is 12.5 Å². The van der Waals surface area contributed by atoms with Gasteiger partial charge in [-0.25, -0.2) is 0 Å². The summed E-state index contributed by atoms with van der Waals surface area (Å²) in [6, 6.07) is 0. The maximum Gasteiger partial charge on any atom is 0.0766 e. The molecule has 10 heavy (non-hydrogen) atoms. The van der Waals surface area contributed by atoms with Gasteiger partial charge in [0.05, 0.1) is 7.11 Å². The number of rotatable bonds is 0. The van der Waals surface area contributed by atoms with Crippen LogP contribution in [0, 0.1) is 0 Å². The third kappa shape index (κ3) is 5.98. The summed E-state index contributed by atoms with van der Waals surface area (Å²) in [6.07, 6.45) is 4.28. The molecular formula is C7H16FNO. The molecule has 0 radical (unpaired) electrons. The van der Waals surface area contributed by atoms with Crippen molar-refractivity contribution in [2.24, 2.45) is 0 Å². The van der Waals surface area contributed by atoms with E-state index in [9.17, 15) is 4.53 Å². The Kier molecular flexibility index (Phi) is 6.86. The maximum atomic E-state index is 9.79. The quantitative estimate of drug-likeness (QED) is 0.519. The molecule has 1 saturated heterocycles. The molecule has 0 spiro atoms. The van der Waals surface area contributed by atoms with Crippen molar-refractivity contribution in [3.63, 3.8) is 0 Å². The second-order valence-corrected chi connectivity index (χ2v) is 2.52. The Balaban J connectivity index is 0.000000236. The zero-order valence-corrected chi connectivity index (χ0v) is 6.77. The zero-order valence-electron chi connectivity index (χ0n) is 6.77. The monoisotopic (exact) mass is 149 g/mol. The summed E-state index contributed by atoms with van der Waals surface area (Å²) < 4.78 is 9.79. The van der Waals surface area contributed by atoms with Crippen molar-refractivity contribution >= 4 is 0 Å². The summed E-state index contributed by atoms with van der Waals surface area (Å²) in [5.74, 6) is 0. The molecule has 62 valence electrons. The molecule has 1 aliphatic heterocycles. The van der Waals surface area contributed by atoms with Crippen LogP contribution in [0.25, 0.3) is 0 Å². The van der Waals surface area contributed by atoms with E-state index in [2.05, 4.69) is 16.9 Å². The lowest BCUT2D eigenvalue weighted by atomic mass is 10.1. The molecular weight excluding hydrogens is 133 g/mol. The van der Waals surface area contributed by atoms with Crippen LogP contribution >= 0.6 is 0 Å². The molecule has 0 aliphatic carbocycles. The molecule has 3 heteroatoms. The molecule has 1 heterocycles. The Labute approximate surface area is 61.9 Å². The smallest absolute Gasteiger partial charge is 0.0766 e. The van der Waals surface area contributed by atoms with Crippen molar-refractivity contribution in [3.05, 3.63) is 0 Å². The Morgan fingerprint density at radius 2 is 1.60 bits per heavy atom. The van der Waals surface area contributed by atoms with Gasteiger partial charge in [0.15, 0.2) is 0 Å². The summed E-state index contributed by atoms with van der Waals surface area (Å²) in [4.78, 5) is 5.14. The molecule has 0 bridgehead atoms. The fraction of sp³-hybridized carbons (Fsp3) is 1.00. The molecule has 0 aromatic carbocycles. The largest absolute Gasteiger partial charge is 0.306 e. The predicted octanol–water partition coefficient (Wildman–Crippen LogP) is 1.62. The first-order valence-corrected chi connectivity index (χ1v) is 3.64. The SMILES string of the molecule is CN1CCCCC1.COF. The molecule has 1 fully saturated rings. The van der Waals surface area contributed by atoms with E-state index >= 15 is 0 Å². The molecule has 2 nitrogen and oxygen atoms in total. The minimum Gasteiger partial charge on any atom is -0.306 e. The van der Waals surface area contributed by atoms with Gasteiger partial charge in [0.25, 0.3) is 0 Å². The van der Waals surface area contributed by atoms with E-state index in [1.807, 2.05) is 0 Å². The lowest BCUT2D eigenvalue weighted by Crippen LogP contribution is -2.24. The van der Waals surface area contributed by atoms with Crippen molar-refractivity contribution in [2.75, 3.05) is 27.2 Å². The van der Waals surface area contributed by atoms with Gasteiger partial charge < -0.3 is 4.90 Å². The standard InChI is InChI=1S/C6H13N.CH3FO/c1-7-5-3-2-4-6-7;1-3-2/h2-6H2,1H3;1H3. The summed E-state index contributed by atoms with van der Waals surface area (Å²) in [5.41, 5.74) is 0. The van der Waals surface area contributed by atoms with Crippen molar-refractivity contribution in [1.29, 1.82) is 0 Å². The minimum absolute atomic E-state index is 0.958. The number of piperidine rings is 1. The molecule has 0 saturated carbocycles. The molecule has 0 aromatic rings. The fourth-order valence-corrected chi connectivity index (χ4v) is 1.05. The Bertz CT molecular complexity index is 64.6. The summed E-state index contributed by atoms with van der Waals surface area (Å²) in [6.45, 7) is 2.64. The van der Waals surface area contributed by atoms with E-state index in [4.69, 9.17) is 0 Å². The molecule has 0 aromatic heterocycles. The predicted molar refractivity (Wildman–Crippen MR) is 39.5 cm³/mol. The van der Waals surface area contributed by atoms with Crippen molar-refractivity contribution in [3.8, 4) is 0 Å². The van der Waals surface area contributed by atoms with Gasteiger partial charge in [-0.1, -0.05) is 6.42 Å². The second kappa shape index (κ2) is 6.96. The third-order valence-electron chi connectivity index (χ3n) is 1.58. The van der Waals surface area contributed by atoms with Crippen LogP contribution in [0.4, 0.5) is 4.53 Å². The molecule has 1 rings (SSSR count). The summed E-state index contributed by atoms with van der Waals surface area (Å²) in [7, 11) is 3.15. The Hall–Kier alpha value is -0.150. The van der Waals surface area contributed by atoms with E-state index in [0.29, 0.717) is 0 Å². The highest BCUT2D eigenvalue weighted by Crippen LogP contribution is 2.04. The first kappa shape index (κ1) is 9.85. The van der Waals surface area contributed by atoms with Gasteiger partial charge in [-0.3, -0.25) is 0 Å². The lowest BCUT2D eigenvalue weighted by molar-refractivity contribution is -0.0960. The third-order valence-corrected chi connectivity index (χ3v) is 1.58. The number of nitrogens with zero attached hydrogens (tertiary/aromatic N) is 1. The van der Waals surface area contributed by atoms with Crippen LogP contribution in [0.5, 0.6) is 0 Å². The fourth-order valence-electron chi connectivity index (χ4n) is 1.05. The van der Waals surface area contributed by atoms with E-state index < -0.39 is 0 Å². The molecule has 0 unspecified atom stereocenters. The molecule has 0 amide bonds. The van der Waals surface area contributed by atoms with Crippen molar-refractivity contribution in [1.82, 2.24) is 4.90 Å². The first-order valence-electron chi connectivity index (χ1n) is 3.64. The van der Waals surface area contributed by atoms with Gasteiger partial charge in [-0.05, 0) is 37.5 Å². The lowest BCUT2D eigenvalue weighted by Gasteiger charge is -2.20. The van der Waals surface area contributed by atoms with Crippen LogP contribution in [-0.4, -0.2) is 32.1 Å². The summed E-state index contributed by atoms with van der Waals surface area (Å²) in [5, 5.41) is 0. The van der Waals surface area contributed by atoms with Crippen LogP contribution in [0.2, 0.25) is 0 Å². The van der Waals surface area contributed by atoms with Crippen LogP contribution in [0.15, 0.2) is 0 Å². The van der Waals surface area contributed by atoms with Crippen LogP contribution in [0.3, 0.4) is 0 Å². The molecule has 0 atom stereocenters. The number of hydrogen-bond donors (Lipinski definition) is 0. The van der Waals surface area contributed by atoms with E-state index in [0.717, 1.165) is 7.11 Å². The van der Waals surface area contributed by atoms with Gasteiger partial charge >= 0.3 is 0 Å². The number of halogens is 1. The minimum atomic E-state index is 0.958. The van der Waals surface area contributed by atoms with Gasteiger partial charge in [0, 0.05) is 0 Å². The summed E-state index contributed by atoms with van der Waals surface area (Å²) >= 11 is 0. The maximum absolute atomic E-state index is 9.79. The highest BCUT2D eigenvalue weighted by Gasteiger charge is 2.02. The molecule has 0 N–H and O–H groups in total. The van der Waals surface area contributed by atoms with Crippen molar-refractivity contribution < 1.29 is 9.47 Å². The van der Waals surface area contributed by atoms with Crippen LogP contribution < -0.4 is 0 Å². The average molecular weight is 149 g/mol. The van der Waals surface area contributed by atoms with Gasteiger partial charge in [0.1, 0.15) is 0 Å². The zero-order chi connectivity index (χ0) is 7.82. The highest BCUT2D eigenvalue weighted by atomic mass is 19.3. The number of hydrogen-bond acceptors (Lipinski definition) is 2. The first-order chi connectivity index (χ1) is 4.81. The Morgan fingerprint density at radius 1 is 1.20 bits per heavy atom. The van der Waals surface area contributed by atoms with E-state index in [1.165, 1.54) is 32.4 Å². The number of likely N-dealkylation sites (tertiary alicyclic amines) is 1. The second-order valence-electron chi connectivity index (χ2n) is 2.52. The molecule has 1 aliphatic rings. The van der Waals surface area contributed by atoms with E-state index in [-0.39, 0.29) is 0 Å². The normalized spacial score (nSPS) is 19.5. The highest BCUT2D eigenvalue weighted by molar-refractivity contribution is 4.58. The van der Waals surface area contributed by atoms with Crippen LogP contribution in [0.1, 0.15) is 19.3 Å². The Morgan fingerprint density at radius 3 is 1.80 bits per heavy atom.